The Labute approximate surface area is 186 Å². The van der Waals surface area contributed by atoms with E-state index in [0.29, 0.717) is 18.3 Å². The molecule has 7 heteroatoms. The Kier molecular flexibility index (Phi) is 5.73. The maximum absolute atomic E-state index is 9.48. The molecule has 0 amide bonds. The number of aliphatic hydroxyl groups is 1. The highest BCUT2D eigenvalue weighted by Crippen LogP contribution is 2.38. The van der Waals surface area contributed by atoms with E-state index in [1.807, 2.05) is 59.1 Å². The van der Waals surface area contributed by atoms with Gasteiger partial charge in [0.1, 0.15) is 35.7 Å². The number of aliphatic hydroxyl groups excluding tert-OH is 1. The van der Waals surface area contributed by atoms with E-state index in [0.717, 1.165) is 59.6 Å². The van der Waals surface area contributed by atoms with Gasteiger partial charge in [0, 0.05) is 18.1 Å². The predicted octanol–water partition coefficient (Wildman–Crippen LogP) is 4.22. The monoisotopic (exact) mass is 429 g/mol. The lowest BCUT2D eigenvalue weighted by Crippen LogP contribution is -2.18. The third-order valence-electron chi connectivity index (χ3n) is 6.31. The molecule has 1 aliphatic carbocycles. The summed E-state index contributed by atoms with van der Waals surface area (Å²) >= 11 is 0. The third kappa shape index (κ3) is 4.03. The Bertz CT molecular complexity index is 1200. The van der Waals surface area contributed by atoms with E-state index in [4.69, 9.17) is 15.5 Å². The summed E-state index contributed by atoms with van der Waals surface area (Å²) in [7, 11) is 0. The number of fused-ring (bicyclic) bond motifs is 1. The Hall–Kier alpha value is -3.45. The van der Waals surface area contributed by atoms with E-state index in [9.17, 15) is 5.11 Å². The van der Waals surface area contributed by atoms with Crippen LogP contribution in [0.1, 0.15) is 43.0 Å². The van der Waals surface area contributed by atoms with Crippen LogP contribution < -0.4 is 10.5 Å². The average molecular weight is 430 g/mol. The third-order valence-corrected chi connectivity index (χ3v) is 6.31. The Balaban J connectivity index is 1.48. The van der Waals surface area contributed by atoms with E-state index < -0.39 is 0 Å². The topological polar surface area (TPSA) is 98.6 Å². The molecule has 0 spiro atoms. The summed E-state index contributed by atoms with van der Waals surface area (Å²) in [5.41, 5.74) is 9.81. The molecule has 1 saturated carbocycles. The lowest BCUT2D eigenvalue weighted by atomic mass is 9.82. The van der Waals surface area contributed by atoms with Crippen molar-refractivity contribution in [1.82, 2.24) is 19.6 Å². The molecule has 1 fully saturated rings. The van der Waals surface area contributed by atoms with Crippen molar-refractivity contribution < 1.29 is 9.84 Å². The van der Waals surface area contributed by atoms with Gasteiger partial charge in [-0.2, -0.15) is 5.10 Å². The standard InChI is InChI=1S/C25H27N5O2/c26-24-23-22(20-7-4-8-21(13-20)32-15-18-5-2-1-3-6-18)29-25(30(23)28-16-27-24)19-11-9-17(14-31)10-12-19/h1-8,13,16-17,19,31H,9-12,14-15H2,(H2,26,27,28). The van der Waals surface area contributed by atoms with Crippen molar-refractivity contribution in [3.63, 3.8) is 0 Å². The highest BCUT2D eigenvalue weighted by molar-refractivity contribution is 5.85. The average Bonchev–Trinajstić information content (AvgIpc) is 3.25. The zero-order chi connectivity index (χ0) is 21.9. The number of ether oxygens (including phenoxy) is 1. The molecule has 0 radical (unpaired) electrons. The van der Waals surface area contributed by atoms with E-state index in [1.54, 1.807) is 0 Å². The molecule has 2 aromatic heterocycles. The Morgan fingerprint density at radius 2 is 1.84 bits per heavy atom. The second-order valence-corrected chi connectivity index (χ2v) is 8.43. The van der Waals surface area contributed by atoms with Crippen molar-refractivity contribution in [3.8, 4) is 17.0 Å². The van der Waals surface area contributed by atoms with Crippen molar-refractivity contribution in [2.75, 3.05) is 12.3 Å². The van der Waals surface area contributed by atoms with Gasteiger partial charge in [-0.05, 0) is 49.3 Å². The van der Waals surface area contributed by atoms with Crippen molar-refractivity contribution >= 4 is 11.3 Å². The number of rotatable bonds is 6. The predicted molar refractivity (Wildman–Crippen MR) is 123 cm³/mol. The van der Waals surface area contributed by atoms with Crippen molar-refractivity contribution in [3.05, 3.63) is 72.3 Å². The number of nitrogens with two attached hydrogens (primary N) is 1. The second-order valence-electron chi connectivity index (χ2n) is 8.43. The van der Waals surface area contributed by atoms with Crippen LogP contribution in [-0.2, 0) is 6.61 Å². The first-order valence-corrected chi connectivity index (χ1v) is 11.1. The molecule has 7 nitrogen and oxygen atoms in total. The largest absolute Gasteiger partial charge is 0.489 e. The van der Waals surface area contributed by atoms with Crippen LogP contribution in [0.5, 0.6) is 5.75 Å². The maximum Gasteiger partial charge on any atom is 0.153 e. The fraction of sp³-hybridized carbons (Fsp3) is 0.320. The molecule has 2 heterocycles. The molecule has 164 valence electrons. The van der Waals surface area contributed by atoms with Gasteiger partial charge in [0.25, 0.3) is 0 Å². The first-order valence-electron chi connectivity index (χ1n) is 11.1. The SMILES string of the molecule is Nc1ncnn2c(C3CCC(CO)CC3)nc(-c3cccc(OCc4ccccc4)c3)c12. The van der Waals surface area contributed by atoms with E-state index in [1.165, 1.54) is 6.33 Å². The van der Waals surface area contributed by atoms with Gasteiger partial charge in [-0.1, -0.05) is 42.5 Å². The number of imidazole rings is 1. The molecular weight excluding hydrogens is 402 g/mol. The molecular formula is C25H27N5O2. The molecule has 4 aromatic rings. The summed E-state index contributed by atoms with van der Waals surface area (Å²) in [6.07, 6.45) is 5.43. The van der Waals surface area contributed by atoms with Crippen LogP contribution >= 0.6 is 0 Å². The van der Waals surface area contributed by atoms with E-state index in [2.05, 4.69) is 10.1 Å². The molecule has 0 atom stereocenters. The summed E-state index contributed by atoms with van der Waals surface area (Å²) in [5.74, 6) is 2.76. The number of hydrogen-bond acceptors (Lipinski definition) is 6. The fourth-order valence-electron chi connectivity index (χ4n) is 4.52. The number of nitrogen functional groups attached to an aromatic ring is 1. The number of benzene rings is 2. The summed E-state index contributed by atoms with van der Waals surface area (Å²) < 4.78 is 7.87. The van der Waals surface area contributed by atoms with Crippen molar-refractivity contribution in [1.29, 1.82) is 0 Å². The van der Waals surface area contributed by atoms with Crippen LogP contribution in [0, 0.1) is 5.92 Å². The number of anilines is 1. The smallest absolute Gasteiger partial charge is 0.153 e. The highest BCUT2D eigenvalue weighted by Gasteiger charge is 2.28. The van der Waals surface area contributed by atoms with Crippen LogP contribution in [0.15, 0.2) is 60.9 Å². The Morgan fingerprint density at radius 1 is 1.03 bits per heavy atom. The summed E-state index contributed by atoms with van der Waals surface area (Å²) in [5, 5.41) is 14.0. The van der Waals surface area contributed by atoms with Crippen LogP contribution in [-0.4, -0.2) is 31.3 Å². The molecule has 32 heavy (non-hydrogen) atoms. The van der Waals surface area contributed by atoms with Gasteiger partial charge in [-0.25, -0.2) is 14.5 Å². The molecule has 0 saturated heterocycles. The van der Waals surface area contributed by atoms with Gasteiger partial charge in [-0.15, -0.1) is 0 Å². The van der Waals surface area contributed by atoms with E-state index >= 15 is 0 Å². The minimum Gasteiger partial charge on any atom is -0.489 e. The molecule has 0 unspecified atom stereocenters. The number of nitrogens with zero attached hydrogens (tertiary/aromatic N) is 4. The van der Waals surface area contributed by atoms with Gasteiger partial charge in [0.05, 0.1) is 0 Å². The van der Waals surface area contributed by atoms with Gasteiger partial charge in [0.2, 0.25) is 0 Å². The van der Waals surface area contributed by atoms with E-state index in [-0.39, 0.29) is 12.5 Å². The minimum absolute atomic E-state index is 0.255. The minimum atomic E-state index is 0.255. The van der Waals surface area contributed by atoms with Crippen LogP contribution in [0.4, 0.5) is 5.82 Å². The second kappa shape index (κ2) is 8.96. The lowest BCUT2D eigenvalue weighted by Gasteiger charge is -2.26. The molecule has 0 bridgehead atoms. The molecule has 2 aromatic carbocycles. The first kappa shape index (κ1) is 20.5. The quantitative estimate of drug-likeness (QED) is 0.476. The summed E-state index contributed by atoms with van der Waals surface area (Å²) in [4.78, 5) is 9.23. The van der Waals surface area contributed by atoms with Crippen LogP contribution in [0.2, 0.25) is 0 Å². The normalized spacial score (nSPS) is 18.7. The van der Waals surface area contributed by atoms with Gasteiger partial charge >= 0.3 is 0 Å². The highest BCUT2D eigenvalue weighted by atomic mass is 16.5. The van der Waals surface area contributed by atoms with Gasteiger partial charge in [0.15, 0.2) is 5.82 Å². The lowest BCUT2D eigenvalue weighted by molar-refractivity contribution is 0.180. The maximum atomic E-state index is 9.48. The molecule has 5 rings (SSSR count). The fourth-order valence-corrected chi connectivity index (χ4v) is 4.52. The van der Waals surface area contributed by atoms with Gasteiger partial charge < -0.3 is 15.6 Å². The van der Waals surface area contributed by atoms with Crippen LogP contribution in [0.25, 0.3) is 16.8 Å². The molecule has 1 aliphatic rings. The van der Waals surface area contributed by atoms with Crippen molar-refractivity contribution in [2.45, 2.75) is 38.2 Å². The summed E-state index contributed by atoms with van der Waals surface area (Å²) in [6.45, 7) is 0.754. The Morgan fingerprint density at radius 3 is 2.62 bits per heavy atom. The van der Waals surface area contributed by atoms with Gasteiger partial charge in [-0.3, -0.25) is 0 Å². The number of aromatic nitrogens is 4. The molecule has 0 aliphatic heterocycles. The zero-order valence-electron chi connectivity index (χ0n) is 17.9. The van der Waals surface area contributed by atoms with Crippen molar-refractivity contribution in [2.24, 2.45) is 5.92 Å². The summed E-state index contributed by atoms with van der Waals surface area (Å²) in [6, 6.07) is 18.0. The first-order chi connectivity index (χ1) is 15.7. The molecule has 3 N–H and O–H groups in total. The number of hydrogen-bond donors (Lipinski definition) is 2. The van der Waals surface area contributed by atoms with Crippen LogP contribution in [0.3, 0.4) is 0 Å². The zero-order valence-corrected chi connectivity index (χ0v) is 17.9.